The largest absolute Gasteiger partial charge is 0.487 e. The fourth-order valence-corrected chi connectivity index (χ4v) is 2.29. The Kier molecular flexibility index (Phi) is 4.40. The zero-order chi connectivity index (χ0) is 13.1. The third-order valence-electron chi connectivity index (χ3n) is 2.82. The predicted octanol–water partition coefficient (Wildman–Crippen LogP) is 3.52. The smallest absolute Gasteiger partial charge is 0.129 e. The van der Waals surface area contributed by atoms with Crippen LogP contribution in [0.2, 0.25) is 0 Å². The first-order chi connectivity index (χ1) is 8.60. The van der Waals surface area contributed by atoms with E-state index in [0.717, 1.165) is 24.6 Å². The highest BCUT2D eigenvalue weighted by Gasteiger charge is 2.42. The maximum absolute atomic E-state index is 13.0. The van der Waals surface area contributed by atoms with E-state index in [1.165, 1.54) is 0 Å². The molecule has 0 amide bonds. The van der Waals surface area contributed by atoms with Gasteiger partial charge in [0.2, 0.25) is 0 Å². The minimum atomic E-state index is -0.655. The molecule has 0 heterocycles. The van der Waals surface area contributed by atoms with E-state index in [9.17, 15) is 8.78 Å². The zero-order valence-corrected chi connectivity index (χ0v) is 10.8. The Morgan fingerprint density at radius 1 is 1.28 bits per heavy atom. The molecule has 3 atom stereocenters. The first-order valence-corrected chi connectivity index (χ1v) is 6.42. The third kappa shape index (κ3) is 3.12. The molecule has 0 bridgehead atoms. The quantitative estimate of drug-likeness (QED) is 0.766. The number of benzene rings is 1. The molecule has 0 spiro atoms. The van der Waals surface area contributed by atoms with Gasteiger partial charge in [-0.15, -0.1) is 11.6 Å². The van der Waals surface area contributed by atoms with Gasteiger partial charge in [-0.05, 0) is 6.42 Å². The van der Waals surface area contributed by atoms with Gasteiger partial charge in [-0.2, -0.15) is 0 Å². The van der Waals surface area contributed by atoms with Gasteiger partial charge in [-0.3, -0.25) is 0 Å². The normalized spacial score (nSPS) is 26.8. The molecule has 100 valence electrons. The molecular weight excluding hydrogens is 262 g/mol. The highest BCUT2D eigenvalue weighted by atomic mass is 35.5. The van der Waals surface area contributed by atoms with Gasteiger partial charge in [0, 0.05) is 31.2 Å². The summed E-state index contributed by atoms with van der Waals surface area (Å²) in [7, 11) is 0. The van der Waals surface area contributed by atoms with Crippen molar-refractivity contribution in [3.05, 3.63) is 29.8 Å². The van der Waals surface area contributed by atoms with Crippen molar-refractivity contribution in [2.75, 3.05) is 6.61 Å². The van der Waals surface area contributed by atoms with E-state index in [-0.39, 0.29) is 23.3 Å². The van der Waals surface area contributed by atoms with Crippen molar-refractivity contribution < 1.29 is 18.3 Å². The Balaban J connectivity index is 1.96. The van der Waals surface area contributed by atoms with Crippen LogP contribution in [0.4, 0.5) is 8.78 Å². The molecular formula is C13H15ClF2O2. The first-order valence-electron chi connectivity index (χ1n) is 5.98. The van der Waals surface area contributed by atoms with E-state index in [1.807, 2.05) is 6.92 Å². The van der Waals surface area contributed by atoms with Gasteiger partial charge in [-0.25, -0.2) is 8.78 Å². The first kappa shape index (κ1) is 13.6. The minimum absolute atomic E-state index is 0.0973. The summed E-state index contributed by atoms with van der Waals surface area (Å²) in [6.07, 6.45) is 1.06. The van der Waals surface area contributed by atoms with Crippen molar-refractivity contribution in [2.24, 2.45) is 0 Å². The molecule has 3 unspecified atom stereocenters. The van der Waals surface area contributed by atoms with Crippen LogP contribution in [-0.2, 0) is 4.74 Å². The Bertz CT molecular complexity index is 394. The molecule has 2 rings (SSSR count). The van der Waals surface area contributed by atoms with E-state index in [2.05, 4.69) is 0 Å². The second-order valence-corrected chi connectivity index (χ2v) is 4.91. The Hall–Kier alpha value is -0.870. The predicted molar refractivity (Wildman–Crippen MR) is 65.1 cm³/mol. The SMILES string of the molecule is CCCOC1C(Cl)CC1Oc1cc(F)cc(F)c1. The number of halogens is 3. The molecule has 1 aromatic rings. The average molecular weight is 277 g/mol. The van der Waals surface area contributed by atoms with Gasteiger partial charge in [-0.1, -0.05) is 6.92 Å². The molecule has 0 aliphatic heterocycles. The van der Waals surface area contributed by atoms with Gasteiger partial charge in [0.1, 0.15) is 29.6 Å². The Morgan fingerprint density at radius 2 is 1.94 bits per heavy atom. The lowest BCUT2D eigenvalue weighted by Gasteiger charge is -2.40. The monoisotopic (exact) mass is 276 g/mol. The average Bonchev–Trinajstić information content (AvgIpc) is 2.27. The van der Waals surface area contributed by atoms with Crippen LogP contribution < -0.4 is 4.74 Å². The van der Waals surface area contributed by atoms with Crippen molar-refractivity contribution >= 4 is 11.6 Å². The number of ether oxygens (including phenoxy) is 2. The summed E-state index contributed by atoms with van der Waals surface area (Å²) >= 11 is 6.02. The molecule has 0 saturated heterocycles. The van der Waals surface area contributed by atoms with Crippen LogP contribution in [0.15, 0.2) is 18.2 Å². The van der Waals surface area contributed by atoms with E-state index in [4.69, 9.17) is 21.1 Å². The van der Waals surface area contributed by atoms with Gasteiger partial charge >= 0.3 is 0 Å². The fourth-order valence-electron chi connectivity index (χ4n) is 1.88. The van der Waals surface area contributed by atoms with Crippen LogP contribution in [-0.4, -0.2) is 24.2 Å². The molecule has 0 aromatic heterocycles. The van der Waals surface area contributed by atoms with Gasteiger partial charge < -0.3 is 9.47 Å². The minimum Gasteiger partial charge on any atom is -0.487 e. The summed E-state index contributed by atoms with van der Waals surface area (Å²) in [6, 6.07) is 3.12. The fraction of sp³-hybridized carbons (Fsp3) is 0.538. The highest BCUT2D eigenvalue weighted by Crippen LogP contribution is 2.33. The summed E-state index contributed by atoms with van der Waals surface area (Å²) in [5, 5.41) is -0.0973. The van der Waals surface area contributed by atoms with Crippen molar-refractivity contribution in [1.82, 2.24) is 0 Å². The summed E-state index contributed by atoms with van der Waals surface area (Å²) < 4.78 is 37.0. The van der Waals surface area contributed by atoms with Crippen LogP contribution in [0.3, 0.4) is 0 Å². The Morgan fingerprint density at radius 3 is 2.50 bits per heavy atom. The second-order valence-electron chi connectivity index (χ2n) is 4.35. The summed E-state index contributed by atoms with van der Waals surface area (Å²) in [5.41, 5.74) is 0. The molecule has 1 saturated carbocycles. The van der Waals surface area contributed by atoms with E-state index in [1.54, 1.807) is 0 Å². The zero-order valence-electron chi connectivity index (χ0n) is 10.0. The molecule has 18 heavy (non-hydrogen) atoms. The van der Waals surface area contributed by atoms with Crippen molar-refractivity contribution in [3.8, 4) is 5.75 Å². The van der Waals surface area contributed by atoms with E-state index in [0.29, 0.717) is 13.0 Å². The lowest BCUT2D eigenvalue weighted by Crippen LogP contribution is -2.52. The van der Waals surface area contributed by atoms with Crippen molar-refractivity contribution in [1.29, 1.82) is 0 Å². The summed E-state index contributed by atoms with van der Waals surface area (Å²) in [6.45, 7) is 2.60. The lowest BCUT2D eigenvalue weighted by molar-refractivity contribution is -0.0799. The second kappa shape index (κ2) is 5.85. The number of alkyl halides is 1. The molecule has 1 aromatic carbocycles. The van der Waals surface area contributed by atoms with Crippen LogP contribution in [0.5, 0.6) is 5.75 Å². The van der Waals surface area contributed by atoms with Crippen LogP contribution >= 0.6 is 11.6 Å². The highest BCUT2D eigenvalue weighted by molar-refractivity contribution is 6.21. The van der Waals surface area contributed by atoms with Gasteiger partial charge in [0.15, 0.2) is 0 Å². The molecule has 0 radical (unpaired) electrons. The Labute approximate surface area is 110 Å². The summed E-state index contributed by atoms with van der Waals surface area (Å²) in [4.78, 5) is 0. The van der Waals surface area contributed by atoms with Gasteiger partial charge in [0.05, 0.1) is 5.38 Å². The van der Waals surface area contributed by atoms with Crippen molar-refractivity contribution in [2.45, 2.75) is 37.4 Å². The molecule has 5 heteroatoms. The van der Waals surface area contributed by atoms with Crippen LogP contribution in [0.25, 0.3) is 0 Å². The van der Waals surface area contributed by atoms with E-state index < -0.39 is 11.6 Å². The third-order valence-corrected chi connectivity index (χ3v) is 3.24. The topological polar surface area (TPSA) is 18.5 Å². The molecule has 2 nitrogen and oxygen atoms in total. The number of hydrogen-bond donors (Lipinski definition) is 0. The van der Waals surface area contributed by atoms with Crippen LogP contribution in [0, 0.1) is 11.6 Å². The maximum atomic E-state index is 13.0. The summed E-state index contributed by atoms with van der Waals surface area (Å²) in [5.74, 6) is -1.14. The molecule has 0 N–H and O–H groups in total. The lowest BCUT2D eigenvalue weighted by atomic mass is 9.91. The molecule has 1 fully saturated rings. The van der Waals surface area contributed by atoms with Gasteiger partial charge in [0.25, 0.3) is 0 Å². The van der Waals surface area contributed by atoms with Crippen molar-refractivity contribution in [3.63, 3.8) is 0 Å². The number of rotatable bonds is 5. The standard InChI is InChI=1S/C13H15ClF2O2/c1-2-3-17-13-11(14)7-12(13)18-10-5-8(15)4-9(16)6-10/h4-6,11-13H,2-3,7H2,1H3. The van der Waals surface area contributed by atoms with Crippen LogP contribution in [0.1, 0.15) is 19.8 Å². The number of hydrogen-bond acceptors (Lipinski definition) is 2. The molecule has 1 aliphatic carbocycles. The maximum Gasteiger partial charge on any atom is 0.129 e. The molecule has 1 aliphatic rings. The van der Waals surface area contributed by atoms with E-state index >= 15 is 0 Å².